The lowest BCUT2D eigenvalue weighted by atomic mass is 9.46. The van der Waals surface area contributed by atoms with Crippen LogP contribution in [0.2, 0.25) is 0 Å². The third kappa shape index (κ3) is 1.54. The quantitative estimate of drug-likeness (QED) is 0.714. The van der Waals surface area contributed by atoms with E-state index >= 15 is 0 Å². The van der Waals surface area contributed by atoms with Crippen LogP contribution < -0.4 is 4.74 Å². The Bertz CT molecular complexity index is 516. The SMILES string of the molecule is C=C1C2CC3CC(C2)CC1(c1cccc(OC)c1)C3. The van der Waals surface area contributed by atoms with Gasteiger partial charge < -0.3 is 4.74 Å². The molecule has 1 nitrogen and oxygen atoms in total. The molecule has 1 aromatic rings. The van der Waals surface area contributed by atoms with Crippen LogP contribution in [0.25, 0.3) is 0 Å². The molecule has 0 N–H and O–H groups in total. The zero-order valence-corrected chi connectivity index (χ0v) is 11.7. The van der Waals surface area contributed by atoms with Crippen molar-refractivity contribution in [3.8, 4) is 5.75 Å². The lowest BCUT2D eigenvalue weighted by Crippen LogP contribution is -2.50. The van der Waals surface area contributed by atoms with E-state index in [1.807, 2.05) is 6.07 Å². The van der Waals surface area contributed by atoms with Crippen molar-refractivity contribution in [1.82, 2.24) is 0 Å². The molecule has 0 amide bonds. The highest BCUT2D eigenvalue weighted by molar-refractivity contribution is 5.44. The molecule has 4 aliphatic carbocycles. The Morgan fingerprint density at radius 2 is 1.89 bits per heavy atom. The van der Waals surface area contributed by atoms with Gasteiger partial charge in [0.1, 0.15) is 5.75 Å². The molecule has 0 saturated heterocycles. The van der Waals surface area contributed by atoms with Gasteiger partial charge in [-0.2, -0.15) is 0 Å². The van der Waals surface area contributed by atoms with Crippen molar-refractivity contribution in [2.75, 3.05) is 7.11 Å². The summed E-state index contributed by atoms with van der Waals surface area (Å²) in [6.07, 6.45) is 6.93. The number of hydrogen-bond donors (Lipinski definition) is 0. The summed E-state index contributed by atoms with van der Waals surface area (Å²) in [6.45, 7) is 4.52. The Kier molecular flexibility index (Phi) is 2.36. The van der Waals surface area contributed by atoms with Crippen LogP contribution in [0.4, 0.5) is 0 Å². The normalized spacial score (nSPS) is 39.6. The second-order valence-electron chi connectivity index (χ2n) is 6.88. The zero-order valence-electron chi connectivity index (χ0n) is 11.7. The Morgan fingerprint density at radius 3 is 2.58 bits per heavy atom. The Hall–Kier alpha value is -1.24. The van der Waals surface area contributed by atoms with Crippen molar-refractivity contribution in [1.29, 1.82) is 0 Å². The fourth-order valence-corrected chi connectivity index (χ4v) is 5.25. The number of ether oxygens (including phenoxy) is 1. The number of benzene rings is 1. The summed E-state index contributed by atoms with van der Waals surface area (Å²) in [5, 5.41) is 0. The van der Waals surface area contributed by atoms with Crippen LogP contribution in [0, 0.1) is 17.8 Å². The monoisotopic (exact) mass is 254 g/mol. The molecule has 4 saturated carbocycles. The first kappa shape index (κ1) is 11.6. The maximum Gasteiger partial charge on any atom is 0.119 e. The van der Waals surface area contributed by atoms with E-state index in [0.717, 1.165) is 23.5 Å². The van der Waals surface area contributed by atoms with Crippen molar-refractivity contribution in [3.05, 3.63) is 42.0 Å². The molecule has 4 aliphatic rings. The lowest BCUT2D eigenvalue weighted by molar-refractivity contribution is 0.0472. The molecule has 0 spiro atoms. The first-order valence-corrected chi connectivity index (χ1v) is 7.55. The second-order valence-corrected chi connectivity index (χ2v) is 6.88. The summed E-state index contributed by atoms with van der Waals surface area (Å²) in [4.78, 5) is 0. The highest BCUT2D eigenvalue weighted by Crippen LogP contribution is 2.62. The largest absolute Gasteiger partial charge is 0.497 e. The number of rotatable bonds is 2. The van der Waals surface area contributed by atoms with Crippen molar-refractivity contribution >= 4 is 0 Å². The maximum absolute atomic E-state index is 5.42. The van der Waals surface area contributed by atoms with E-state index in [-0.39, 0.29) is 5.41 Å². The van der Waals surface area contributed by atoms with Crippen LogP contribution in [-0.4, -0.2) is 7.11 Å². The molecule has 0 radical (unpaired) electrons. The van der Waals surface area contributed by atoms with Crippen molar-refractivity contribution < 1.29 is 4.74 Å². The van der Waals surface area contributed by atoms with Gasteiger partial charge in [-0.3, -0.25) is 0 Å². The van der Waals surface area contributed by atoms with Gasteiger partial charge in [0.15, 0.2) is 0 Å². The maximum atomic E-state index is 5.42. The van der Waals surface area contributed by atoms with Crippen LogP contribution in [0.1, 0.15) is 37.7 Å². The second kappa shape index (κ2) is 3.88. The van der Waals surface area contributed by atoms with Crippen LogP contribution >= 0.6 is 0 Å². The third-order valence-corrected chi connectivity index (χ3v) is 5.91. The van der Waals surface area contributed by atoms with Gasteiger partial charge in [0.25, 0.3) is 0 Å². The van der Waals surface area contributed by atoms with Gasteiger partial charge in [-0.15, -0.1) is 0 Å². The predicted octanol–water partition coefficient (Wildman–Crippen LogP) is 4.33. The highest BCUT2D eigenvalue weighted by atomic mass is 16.5. The summed E-state index contributed by atoms with van der Waals surface area (Å²) in [5.41, 5.74) is 3.24. The molecular formula is C18H22O. The average Bonchev–Trinajstić information content (AvgIpc) is 2.44. The van der Waals surface area contributed by atoms with E-state index in [9.17, 15) is 0 Å². The molecule has 1 heteroatoms. The smallest absolute Gasteiger partial charge is 0.119 e. The molecule has 0 aliphatic heterocycles. The van der Waals surface area contributed by atoms with E-state index in [2.05, 4.69) is 24.8 Å². The van der Waals surface area contributed by atoms with E-state index < -0.39 is 0 Å². The highest BCUT2D eigenvalue weighted by Gasteiger charge is 2.53. The molecule has 100 valence electrons. The Balaban J connectivity index is 1.81. The standard InChI is InChI=1S/C18H22O/c1-12-15-7-13-6-14(8-15)11-18(12,10-13)16-4-3-5-17(9-16)19-2/h3-5,9,13-15H,1,6-8,10-11H2,2H3. The van der Waals surface area contributed by atoms with Crippen LogP contribution in [0.15, 0.2) is 36.4 Å². The van der Waals surface area contributed by atoms with Gasteiger partial charge >= 0.3 is 0 Å². The summed E-state index contributed by atoms with van der Waals surface area (Å²) in [6, 6.07) is 8.73. The molecule has 2 atom stereocenters. The molecule has 1 aromatic carbocycles. The number of methoxy groups -OCH3 is 1. The molecule has 5 rings (SSSR count). The molecule has 19 heavy (non-hydrogen) atoms. The van der Waals surface area contributed by atoms with Crippen molar-refractivity contribution in [2.24, 2.45) is 17.8 Å². The summed E-state index contributed by atoms with van der Waals surface area (Å²) in [7, 11) is 1.76. The Morgan fingerprint density at radius 1 is 1.16 bits per heavy atom. The fourth-order valence-electron chi connectivity index (χ4n) is 5.25. The Labute approximate surface area is 115 Å². The van der Waals surface area contributed by atoms with Crippen LogP contribution in [-0.2, 0) is 5.41 Å². The van der Waals surface area contributed by atoms with Gasteiger partial charge in [-0.25, -0.2) is 0 Å². The van der Waals surface area contributed by atoms with Gasteiger partial charge in [-0.1, -0.05) is 24.3 Å². The minimum Gasteiger partial charge on any atom is -0.497 e. The summed E-state index contributed by atoms with van der Waals surface area (Å²) < 4.78 is 5.42. The van der Waals surface area contributed by atoms with Gasteiger partial charge in [-0.05, 0) is 67.6 Å². The number of hydrogen-bond acceptors (Lipinski definition) is 1. The molecule has 0 aromatic heterocycles. The minimum atomic E-state index is 0.267. The van der Waals surface area contributed by atoms with Crippen molar-refractivity contribution in [3.63, 3.8) is 0 Å². The zero-order chi connectivity index (χ0) is 13.0. The average molecular weight is 254 g/mol. The minimum absolute atomic E-state index is 0.267. The first-order chi connectivity index (χ1) is 9.21. The fraction of sp³-hybridized carbons (Fsp3) is 0.556. The molecule has 4 bridgehead atoms. The van der Waals surface area contributed by atoms with E-state index in [1.54, 1.807) is 7.11 Å². The van der Waals surface area contributed by atoms with E-state index in [4.69, 9.17) is 4.74 Å². The van der Waals surface area contributed by atoms with Gasteiger partial charge in [0, 0.05) is 5.41 Å². The summed E-state index contributed by atoms with van der Waals surface area (Å²) in [5.74, 6) is 3.65. The lowest BCUT2D eigenvalue weighted by Gasteiger charge is -2.58. The van der Waals surface area contributed by atoms with Crippen LogP contribution in [0.5, 0.6) is 5.75 Å². The molecular weight excluding hydrogens is 232 g/mol. The molecule has 0 heterocycles. The summed E-state index contributed by atoms with van der Waals surface area (Å²) >= 11 is 0. The topological polar surface area (TPSA) is 9.23 Å². The van der Waals surface area contributed by atoms with E-state index in [1.165, 1.54) is 43.2 Å². The molecule has 4 fully saturated rings. The first-order valence-electron chi connectivity index (χ1n) is 7.55. The van der Waals surface area contributed by atoms with Gasteiger partial charge in [0.05, 0.1) is 7.11 Å². The molecule has 2 unspecified atom stereocenters. The number of allylic oxidation sites excluding steroid dienone is 1. The van der Waals surface area contributed by atoms with Crippen molar-refractivity contribution in [2.45, 2.75) is 37.5 Å². The predicted molar refractivity (Wildman–Crippen MR) is 77.4 cm³/mol. The van der Waals surface area contributed by atoms with Crippen LogP contribution in [0.3, 0.4) is 0 Å². The van der Waals surface area contributed by atoms with E-state index in [0.29, 0.717) is 0 Å². The van der Waals surface area contributed by atoms with Gasteiger partial charge in [0.2, 0.25) is 0 Å². The third-order valence-electron chi connectivity index (χ3n) is 5.91.